The van der Waals surface area contributed by atoms with Crippen molar-refractivity contribution in [2.45, 2.75) is 78.1 Å². The van der Waals surface area contributed by atoms with Gasteiger partial charge in [0.05, 0.1) is 0 Å². The average Bonchev–Trinajstić information content (AvgIpc) is 2.31. The van der Waals surface area contributed by atoms with E-state index in [0.717, 1.165) is 0 Å². The number of unbranched alkanes of at least 4 members (excludes halogenated alkanes) is 7. The molecule has 0 aromatic carbocycles. The van der Waals surface area contributed by atoms with E-state index in [1.54, 1.807) is 0 Å². The van der Waals surface area contributed by atoms with Crippen LogP contribution in [0.1, 0.15) is 78.1 Å². The van der Waals surface area contributed by atoms with Crippen molar-refractivity contribution in [3.8, 4) is 0 Å². The highest BCUT2D eigenvalue weighted by Crippen LogP contribution is 2.03. The molecule has 94 valence electrons. The Morgan fingerprint density at radius 2 is 0.938 bits per heavy atom. The van der Waals surface area contributed by atoms with Gasteiger partial charge >= 0.3 is 0 Å². The highest BCUT2D eigenvalue weighted by Gasteiger charge is 1.83. The van der Waals surface area contributed by atoms with Crippen LogP contribution in [-0.4, -0.2) is 0 Å². The summed E-state index contributed by atoms with van der Waals surface area (Å²) in [5, 5.41) is 0. The van der Waals surface area contributed by atoms with E-state index in [4.69, 9.17) is 0 Å². The first-order chi connectivity index (χ1) is 7.91. The molecule has 0 aliphatic rings. The molecule has 0 unspecified atom stereocenters. The van der Waals surface area contributed by atoms with E-state index < -0.39 is 0 Å². The maximum absolute atomic E-state index is 2.36. The lowest BCUT2D eigenvalue weighted by Crippen LogP contribution is -1.73. The van der Waals surface area contributed by atoms with Gasteiger partial charge in [-0.15, -0.1) is 0 Å². The summed E-state index contributed by atoms with van der Waals surface area (Å²) in [4.78, 5) is 0. The van der Waals surface area contributed by atoms with Crippen molar-refractivity contribution in [3.05, 3.63) is 24.3 Å². The van der Waals surface area contributed by atoms with Crippen LogP contribution < -0.4 is 0 Å². The Bertz CT molecular complexity index is 165. The molecular formula is C16H30. The van der Waals surface area contributed by atoms with E-state index >= 15 is 0 Å². The van der Waals surface area contributed by atoms with E-state index in [-0.39, 0.29) is 0 Å². The molecule has 0 amide bonds. The fraction of sp³-hybridized carbons (Fsp3) is 0.750. The molecule has 0 spiro atoms. The van der Waals surface area contributed by atoms with Gasteiger partial charge in [-0.25, -0.2) is 0 Å². The van der Waals surface area contributed by atoms with E-state index in [1.165, 1.54) is 64.2 Å². The molecular weight excluding hydrogens is 192 g/mol. The Morgan fingerprint density at radius 3 is 1.44 bits per heavy atom. The van der Waals surface area contributed by atoms with Crippen molar-refractivity contribution in [2.24, 2.45) is 0 Å². The van der Waals surface area contributed by atoms with Crippen molar-refractivity contribution in [1.82, 2.24) is 0 Å². The van der Waals surface area contributed by atoms with E-state index in [0.29, 0.717) is 0 Å². The van der Waals surface area contributed by atoms with Crippen LogP contribution in [0.15, 0.2) is 24.3 Å². The molecule has 0 aromatic heterocycles. The summed E-state index contributed by atoms with van der Waals surface area (Å²) in [7, 11) is 0. The Hall–Kier alpha value is -0.520. The van der Waals surface area contributed by atoms with Gasteiger partial charge in [-0.2, -0.15) is 0 Å². The average molecular weight is 222 g/mol. The van der Waals surface area contributed by atoms with Crippen LogP contribution in [0.3, 0.4) is 0 Å². The summed E-state index contributed by atoms with van der Waals surface area (Å²) in [6.45, 7) is 4.51. The zero-order valence-corrected chi connectivity index (χ0v) is 11.4. The minimum atomic E-state index is 1.25. The van der Waals surface area contributed by atoms with E-state index in [9.17, 15) is 0 Å². The summed E-state index contributed by atoms with van der Waals surface area (Å²) < 4.78 is 0. The minimum absolute atomic E-state index is 1.25. The molecule has 0 saturated heterocycles. The normalized spacial score (nSPS) is 11.9. The molecule has 0 N–H and O–H groups in total. The summed E-state index contributed by atoms with van der Waals surface area (Å²) in [5.74, 6) is 0. The second kappa shape index (κ2) is 14.5. The molecule has 0 bridgehead atoms. The second-order valence-electron chi connectivity index (χ2n) is 4.51. The van der Waals surface area contributed by atoms with Crippen molar-refractivity contribution in [3.63, 3.8) is 0 Å². The summed E-state index contributed by atoms with van der Waals surface area (Å²) >= 11 is 0. The van der Waals surface area contributed by atoms with E-state index in [2.05, 4.69) is 38.2 Å². The van der Waals surface area contributed by atoms with Gasteiger partial charge in [0.15, 0.2) is 0 Å². The largest absolute Gasteiger partial charge is 0.0885 e. The number of hydrogen-bond donors (Lipinski definition) is 0. The number of allylic oxidation sites excluding steroid dienone is 4. The molecule has 0 saturated carbocycles. The SMILES string of the molecule is CCCC/C=C/CCC/C=C/CCCCC. The highest BCUT2D eigenvalue weighted by atomic mass is 13.9. The molecule has 0 nitrogen and oxygen atoms in total. The molecule has 16 heavy (non-hydrogen) atoms. The van der Waals surface area contributed by atoms with E-state index in [1.807, 2.05) is 0 Å². The van der Waals surface area contributed by atoms with Gasteiger partial charge in [0.1, 0.15) is 0 Å². The number of hydrogen-bond acceptors (Lipinski definition) is 0. The smallest absolute Gasteiger partial charge is 0.0348 e. The minimum Gasteiger partial charge on any atom is -0.0885 e. The van der Waals surface area contributed by atoms with Crippen molar-refractivity contribution in [2.75, 3.05) is 0 Å². The van der Waals surface area contributed by atoms with Gasteiger partial charge < -0.3 is 0 Å². The molecule has 0 fully saturated rings. The third kappa shape index (κ3) is 13.5. The van der Waals surface area contributed by atoms with Crippen LogP contribution >= 0.6 is 0 Å². The molecule has 0 heteroatoms. The molecule has 0 aromatic rings. The van der Waals surface area contributed by atoms with Crippen LogP contribution in [0.25, 0.3) is 0 Å². The molecule has 0 heterocycles. The predicted octanol–water partition coefficient (Wildman–Crippen LogP) is 6.04. The van der Waals surface area contributed by atoms with Gasteiger partial charge in [0.25, 0.3) is 0 Å². The first-order valence-corrected chi connectivity index (χ1v) is 7.21. The maximum atomic E-state index is 2.36. The van der Waals surface area contributed by atoms with Crippen LogP contribution in [0.2, 0.25) is 0 Å². The van der Waals surface area contributed by atoms with Crippen LogP contribution in [0.4, 0.5) is 0 Å². The first-order valence-electron chi connectivity index (χ1n) is 7.21. The van der Waals surface area contributed by atoms with Crippen molar-refractivity contribution < 1.29 is 0 Å². The zero-order chi connectivity index (χ0) is 11.9. The van der Waals surface area contributed by atoms with Gasteiger partial charge in [-0.05, 0) is 38.5 Å². The number of rotatable bonds is 11. The monoisotopic (exact) mass is 222 g/mol. The third-order valence-electron chi connectivity index (χ3n) is 2.77. The Kier molecular flexibility index (Phi) is 14.0. The van der Waals surface area contributed by atoms with Crippen LogP contribution in [0.5, 0.6) is 0 Å². The highest BCUT2D eigenvalue weighted by molar-refractivity contribution is 4.85. The van der Waals surface area contributed by atoms with Crippen LogP contribution in [0, 0.1) is 0 Å². The lowest BCUT2D eigenvalue weighted by molar-refractivity contribution is 0.727. The lowest BCUT2D eigenvalue weighted by atomic mass is 10.1. The fourth-order valence-corrected chi connectivity index (χ4v) is 1.66. The quantitative estimate of drug-likeness (QED) is 0.295. The topological polar surface area (TPSA) is 0 Å². The maximum Gasteiger partial charge on any atom is -0.0348 e. The lowest BCUT2D eigenvalue weighted by Gasteiger charge is -1.93. The molecule has 0 radical (unpaired) electrons. The Labute approximate surface area is 103 Å². The second-order valence-corrected chi connectivity index (χ2v) is 4.51. The van der Waals surface area contributed by atoms with Crippen molar-refractivity contribution in [1.29, 1.82) is 0 Å². The third-order valence-corrected chi connectivity index (χ3v) is 2.77. The van der Waals surface area contributed by atoms with Crippen molar-refractivity contribution >= 4 is 0 Å². The van der Waals surface area contributed by atoms with Crippen LogP contribution in [-0.2, 0) is 0 Å². The zero-order valence-electron chi connectivity index (χ0n) is 11.4. The standard InChI is InChI=1S/C16H30/c1-3-5-7-9-11-13-15-16-14-12-10-8-6-4-2/h9,11-12,14H,3-8,10,13,15-16H2,1-2H3/b11-9+,14-12+. The fourth-order valence-electron chi connectivity index (χ4n) is 1.66. The first kappa shape index (κ1) is 15.5. The molecule has 0 aliphatic carbocycles. The molecule has 0 rings (SSSR count). The summed E-state index contributed by atoms with van der Waals surface area (Å²) in [6, 6.07) is 0. The predicted molar refractivity (Wildman–Crippen MR) is 75.8 cm³/mol. The van der Waals surface area contributed by atoms with Gasteiger partial charge in [-0.3, -0.25) is 0 Å². The summed E-state index contributed by atoms with van der Waals surface area (Å²) in [6.07, 6.45) is 22.5. The Morgan fingerprint density at radius 1 is 0.500 bits per heavy atom. The molecule has 0 atom stereocenters. The van der Waals surface area contributed by atoms with Gasteiger partial charge in [0, 0.05) is 0 Å². The Balaban J connectivity index is 3.10. The summed E-state index contributed by atoms with van der Waals surface area (Å²) in [5.41, 5.74) is 0. The van der Waals surface area contributed by atoms with Gasteiger partial charge in [-0.1, -0.05) is 63.8 Å². The van der Waals surface area contributed by atoms with Gasteiger partial charge in [0.2, 0.25) is 0 Å². The molecule has 0 aliphatic heterocycles.